The van der Waals surface area contributed by atoms with Gasteiger partial charge in [0.2, 0.25) is 0 Å². The molecule has 1 aromatic carbocycles. The highest BCUT2D eigenvalue weighted by molar-refractivity contribution is 5.77. The van der Waals surface area contributed by atoms with Gasteiger partial charge in [0, 0.05) is 26.8 Å². The number of aromatic nitrogens is 2. The van der Waals surface area contributed by atoms with Crippen molar-refractivity contribution in [2.24, 2.45) is 18.9 Å². The van der Waals surface area contributed by atoms with E-state index in [1.165, 1.54) is 19.3 Å². The van der Waals surface area contributed by atoms with Crippen molar-refractivity contribution in [2.45, 2.75) is 25.8 Å². The molecule has 0 saturated carbocycles. The summed E-state index contributed by atoms with van der Waals surface area (Å²) < 4.78 is 7.20. The maximum Gasteiger partial charge on any atom is 0.261 e. The summed E-state index contributed by atoms with van der Waals surface area (Å²) in [5.41, 5.74) is 0.853. The van der Waals surface area contributed by atoms with Gasteiger partial charge in [-0.25, -0.2) is 4.98 Å². The molecule has 5 heteroatoms. The molecule has 4 rings (SSSR count). The highest BCUT2D eigenvalue weighted by Gasteiger charge is 2.31. The molecule has 0 amide bonds. The van der Waals surface area contributed by atoms with E-state index in [9.17, 15) is 4.79 Å². The first-order chi connectivity index (χ1) is 11.7. The molecule has 128 valence electrons. The first-order valence-corrected chi connectivity index (χ1v) is 8.97. The molecule has 3 heterocycles. The lowest BCUT2D eigenvalue weighted by atomic mass is 9.85. The van der Waals surface area contributed by atoms with Crippen LogP contribution in [0.2, 0.25) is 0 Å². The lowest BCUT2D eigenvalue weighted by molar-refractivity contribution is 0.0477. The Morgan fingerprint density at radius 2 is 1.96 bits per heavy atom. The summed E-state index contributed by atoms with van der Waals surface area (Å²) in [6.45, 7) is 4.82. The molecule has 2 saturated heterocycles. The van der Waals surface area contributed by atoms with Gasteiger partial charge >= 0.3 is 0 Å². The van der Waals surface area contributed by atoms with Crippen LogP contribution in [-0.2, 0) is 18.3 Å². The van der Waals surface area contributed by atoms with Crippen molar-refractivity contribution < 1.29 is 4.74 Å². The van der Waals surface area contributed by atoms with Crippen LogP contribution in [0.4, 0.5) is 0 Å². The van der Waals surface area contributed by atoms with E-state index in [0.717, 1.165) is 56.0 Å². The molecule has 0 bridgehead atoms. The molecule has 0 aliphatic carbocycles. The van der Waals surface area contributed by atoms with Gasteiger partial charge in [-0.3, -0.25) is 14.3 Å². The zero-order chi connectivity index (χ0) is 16.5. The van der Waals surface area contributed by atoms with Crippen LogP contribution >= 0.6 is 0 Å². The number of ether oxygens (including phenoxy) is 1. The van der Waals surface area contributed by atoms with Gasteiger partial charge < -0.3 is 4.74 Å². The van der Waals surface area contributed by atoms with Gasteiger partial charge in [-0.05, 0) is 49.8 Å². The number of fused-ring (bicyclic) bond motifs is 1. The molecule has 2 fully saturated rings. The second-order valence-electron chi connectivity index (χ2n) is 7.14. The first kappa shape index (κ1) is 15.8. The molecule has 2 aliphatic heterocycles. The molecule has 1 atom stereocenters. The molecular weight excluding hydrogens is 302 g/mol. The summed E-state index contributed by atoms with van der Waals surface area (Å²) in [6, 6.07) is 7.61. The third-order valence-electron chi connectivity index (χ3n) is 5.68. The van der Waals surface area contributed by atoms with E-state index >= 15 is 0 Å². The van der Waals surface area contributed by atoms with E-state index < -0.39 is 0 Å². The van der Waals surface area contributed by atoms with Crippen LogP contribution in [0.25, 0.3) is 10.9 Å². The SMILES string of the molecule is Cn1c(CN2CCC(C3CCOCC3)C2)nc2ccccc2c1=O. The normalized spacial score (nSPS) is 23.1. The molecule has 5 nitrogen and oxygen atoms in total. The monoisotopic (exact) mass is 327 g/mol. The predicted molar refractivity (Wildman–Crippen MR) is 93.9 cm³/mol. The topological polar surface area (TPSA) is 47.4 Å². The minimum absolute atomic E-state index is 0.0516. The van der Waals surface area contributed by atoms with E-state index in [4.69, 9.17) is 9.72 Å². The van der Waals surface area contributed by atoms with Gasteiger partial charge in [-0.2, -0.15) is 0 Å². The van der Waals surface area contributed by atoms with E-state index in [-0.39, 0.29) is 5.56 Å². The summed E-state index contributed by atoms with van der Waals surface area (Å²) in [5.74, 6) is 2.44. The first-order valence-electron chi connectivity index (χ1n) is 8.97. The van der Waals surface area contributed by atoms with E-state index in [2.05, 4.69) is 4.90 Å². The lowest BCUT2D eigenvalue weighted by Gasteiger charge is -2.27. The average Bonchev–Trinajstić information content (AvgIpc) is 3.09. The molecule has 0 radical (unpaired) electrons. The summed E-state index contributed by atoms with van der Waals surface area (Å²) in [4.78, 5) is 19.7. The van der Waals surface area contributed by atoms with Gasteiger partial charge in [0.25, 0.3) is 5.56 Å². The van der Waals surface area contributed by atoms with Crippen LogP contribution in [0.1, 0.15) is 25.1 Å². The van der Waals surface area contributed by atoms with Crippen molar-refractivity contribution in [2.75, 3.05) is 26.3 Å². The Hall–Kier alpha value is -1.72. The third-order valence-corrected chi connectivity index (χ3v) is 5.68. The molecule has 2 aromatic rings. The number of rotatable bonds is 3. The Morgan fingerprint density at radius 1 is 1.17 bits per heavy atom. The van der Waals surface area contributed by atoms with E-state index in [1.54, 1.807) is 4.57 Å². The number of likely N-dealkylation sites (tertiary alicyclic amines) is 1. The quantitative estimate of drug-likeness (QED) is 0.867. The highest BCUT2D eigenvalue weighted by atomic mass is 16.5. The Balaban J connectivity index is 1.50. The maximum absolute atomic E-state index is 12.5. The van der Waals surface area contributed by atoms with Crippen molar-refractivity contribution in [3.05, 3.63) is 40.4 Å². The Kier molecular flexibility index (Phi) is 4.37. The standard InChI is InChI=1S/C19H25N3O2/c1-21-18(20-17-5-3-2-4-16(17)19(21)23)13-22-9-6-15(12-22)14-7-10-24-11-8-14/h2-5,14-15H,6-13H2,1H3. The van der Waals surface area contributed by atoms with Crippen LogP contribution in [0.15, 0.2) is 29.1 Å². The molecule has 0 spiro atoms. The summed E-state index contributed by atoms with van der Waals surface area (Å²) in [6.07, 6.45) is 3.66. The van der Waals surface area contributed by atoms with Crippen molar-refractivity contribution in [1.82, 2.24) is 14.5 Å². The van der Waals surface area contributed by atoms with Crippen molar-refractivity contribution >= 4 is 10.9 Å². The number of nitrogens with zero attached hydrogens (tertiary/aromatic N) is 3. The predicted octanol–water partition coefficient (Wildman–Crippen LogP) is 2.18. The van der Waals surface area contributed by atoms with Gasteiger partial charge in [-0.1, -0.05) is 12.1 Å². The van der Waals surface area contributed by atoms with E-state index in [1.807, 2.05) is 31.3 Å². The number of para-hydroxylation sites is 1. The van der Waals surface area contributed by atoms with Crippen LogP contribution in [-0.4, -0.2) is 40.8 Å². The van der Waals surface area contributed by atoms with Crippen LogP contribution in [0, 0.1) is 11.8 Å². The molecule has 1 unspecified atom stereocenters. The zero-order valence-corrected chi connectivity index (χ0v) is 14.3. The van der Waals surface area contributed by atoms with Crippen LogP contribution in [0.5, 0.6) is 0 Å². The molecule has 24 heavy (non-hydrogen) atoms. The Morgan fingerprint density at radius 3 is 2.79 bits per heavy atom. The van der Waals surface area contributed by atoms with Gasteiger partial charge in [-0.15, -0.1) is 0 Å². The lowest BCUT2D eigenvalue weighted by Crippen LogP contribution is -2.30. The van der Waals surface area contributed by atoms with Crippen LogP contribution in [0.3, 0.4) is 0 Å². The molecule has 1 aromatic heterocycles. The fraction of sp³-hybridized carbons (Fsp3) is 0.579. The second-order valence-corrected chi connectivity index (χ2v) is 7.14. The van der Waals surface area contributed by atoms with Gasteiger partial charge in [0.15, 0.2) is 0 Å². The minimum atomic E-state index is 0.0516. The largest absolute Gasteiger partial charge is 0.381 e. The highest BCUT2D eigenvalue weighted by Crippen LogP contribution is 2.31. The summed E-state index contributed by atoms with van der Waals surface area (Å²) >= 11 is 0. The molecule has 2 aliphatic rings. The van der Waals surface area contributed by atoms with Crippen molar-refractivity contribution in [1.29, 1.82) is 0 Å². The third kappa shape index (κ3) is 2.98. The number of hydrogen-bond donors (Lipinski definition) is 0. The molecule has 0 N–H and O–H groups in total. The number of benzene rings is 1. The van der Waals surface area contributed by atoms with Crippen molar-refractivity contribution in [3.8, 4) is 0 Å². The maximum atomic E-state index is 12.5. The zero-order valence-electron chi connectivity index (χ0n) is 14.3. The van der Waals surface area contributed by atoms with Crippen molar-refractivity contribution in [3.63, 3.8) is 0 Å². The van der Waals surface area contributed by atoms with Gasteiger partial charge in [0.05, 0.1) is 17.4 Å². The second kappa shape index (κ2) is 6.65. The summed E-state index contributed by atoms with van der Waals surface area (Å²) in [7, 11) is 1.84. The Labute approximate surface area is 142 Å². The average molecular weight is 327 g/mol. The summed E-state index contributed by atoms with van der Waals surface area (Å²) in [5, 5.41) is 0.699. The smallest absolute Gasteiger partial charge is 0.261 e. The van der Waals surface area contributed by atoms with Gasteiger partial charge in [0.1, 0.15) is 5.82 Å². The van der Waals surface area contributed by atoms with Crippen LogP contribution < -0.4 is 5.56 Å². The van der Waals surface area contributed by atoms with E-state index in [0.29, 0.717) is 5.39 Å². The number of hydrogen-bond acceptors (Lipinski definition) is 4. The molecular formula is C19H25N3O2. The Bertz CT molecular complexity index is 780. The fourth-order valence-corrected chi connectivity index (χ4v) is 4.18. The fourth-order valence-electron chi connectivity index (χ4n) is 4.18. The minimum Gasteiger partial charge on any atom is -0.381 e.